The third-order valence-electron chi connectivity index (χ3n) is 3.78. The summed E-state index contributed by atoms with van der Waals surface area (Å²) in [5.41, 5.74) is 7.57. The summed E-state index contributed by atoms with van der Waals surface area (Å²) in [5, 5.41) is 0. The topological polar surface area (TPSA) is 55.3 Å². The Labute approximate surface area is 123 Å². The Hall–Kier alpha value is -1.72. The van der Waals surface area contributed by atoms with Crippen LogP contribution in [0.4, 0.5) is 4.39 Å². The van der Waals surface area contributed by atoms with E-state index in [0.717, 1.165) is 31.7 Å². The van der Waals surface area contributed by atoms with Gasteiger partial charge in [0, 0.05) is 31.2 Å². The average Bonchev–Trinajstić information content (AvgIpc) is 2.86. The van der Waals surface area contributed by atoms with Crippen molar-refractivity contribution < 1.29 is 8.81 Å². The van der Waals surface area contributed by atoms with Crippen LogP contribution in [0.1, 0.15) is 19.0 Å². The molecule has 2 unspecified atom stereocenters. The van der Waals surface area contributed by atoms with Crippen molar-refractivity contribution in [1.82, 2.24) is 9.88 Å². The van der Waals surface area contributed by atoms with Crippen molar-refractivity contribution in [3.8, 4) is 11.5 Å². The van der Waals surface area contributed by atoms with E-state index in [2.05, 4.69) is 16.8 Å². The van der Waals surface area contributed by atoms with Gasteiger partial charge in [0.05, 0.1) is 5.69 Å². The smallest absolute Gasteiger partial charge is 0.226 e. The Kier molecular flexibility index (Phi) is 4.03. The first-order valence-electron chi connectivity index (χ1n) is 7.28. The molecule has 1 aliphatic heterocycles. The third kappa shape index (κ3) is 3.49. The van der Waals surface area contributed by atoms with Crippen LogP contribution in [0.5, 0.6) is 0 Å². The lowest BCUT2D eigenvalue weighted by Crippen LogP contribution is -2.45. The number of benzene rings is 1. The summed E-state index contributed by atoms with van der Waals surface area (Å²) < 4.78 is 18.7. The molecule has 2 N–H and O–H groups in total. The van der Waals surface area contributed by atoms with E-state index >= 15 is 0 Å². The first-order valence-corrected chi connectivity index (χ1v) is 7.28. The van der Waals surface area contributed by atoms with Gasteiger partial charge in [-0.2, -0.15) is 0 Å². The minimum Gasteiger partial charge on any atom is -0.444 e. The van der Waals surface area contributed by atoms with E-state index in [4.69, 9.17) is 10.2 Å². The maximum atomic E-state index is 13.2. The van der Waals surface area contributed by atoms with Gasteiger partial charge >= 0.3 is 0 Å². The van der Waals surface area contributed by atoms with Crippen molar-refractivity contribution in [2.24, 2.45) is 11.7 Å². The van der Waals surface area contributed by atoms with Crippen molar-refractivity contribution in [2.45, 2.75) is 25.9 Å². The van der Waals surface area contributed by atoms with Crippen LogP contribution in [0.15, 0.2) is 34.9 Å². The summed E-state index contributed by atoms with van der Waals surface area (Å²) in [4.78, 5) is 6.75. The molecule has 0 bridgehead atoms. The van der Waals surface area contributed by atoms with E-state index in [1.807, 2.05) is 0 Å². The van der Waals surface area contributed by atoms with Crippen LogP contribution in [0, 0.1) is 11.7 Å². The third-order valence-corrected chi connectivity index (χ3v) is 3.78. The molecule has 2 atom stereocenters. The van der Waals surface area contributed by atoms with Gasteiger partial charge in [0.25, 0.3) is 0 Å². The molecule has 1 aliphatic rings. The number of likely N-dealkylation sites (tertiary alicyclic amines) is 1. The zero-order valence-electron chi connectivity index (χ0n) is 12.1. The second-order valence-electron chi connectivity index (χ2n) is 5.95. The number of nitrogens with zero attached hydrogens (tertiary/aromatic N) is 2. The molecule has 1 aromatic carbocycles. The number of hydrogen-bond donors (Lipinski definition) is 1. The Balaban J connectivity index is 1.70. The molecule has 1 aromatic heterocycles. The molecule has 0 saturated carbocycles. The highest BCUT2D eigenvalue weighted by atomic mass is 19.1. The van der Waals surface area contributed by atoms with E-state index in [0.29, 0.717) is 17.4 Å². The van der Waals surface area contributed by atoms with Gasteiger partial charge in [-0.05, 0) is 30.5 Å². The quantitative estimate of drug-likeness (QED) is 0.944. The first kappa shape index (κ1) is 14.2. The summed E-state index contributed by atoms with van der Waals surface area (Å²) in [6.07, 6.45) is 2.72. The van der Waals surface area contributed by atoms with Crippen molar-refractivity contribution in [1.29, 1.82) is 0 Å². The lowest BCUT2D eigenvalue weighted by Gasteiger charge is -2.34. The fourth-order valence-electron chi connectivity index (χ4n) is 3.00. The van der Waals surface area contributed by atoms with E-state index in [1.54, 1.807) is 18.4 Å². The number of piperidine rings is 1. The Bertz CT molecular complexity index is 603. The molecule has 21 heavy (non-hydrogen) atoms. The minimum atomic E-state index is -0.289. The second-order valence-corrected chi connectivity index (χ2v) is 5.95. The summed E-state index contributed by atoms with van der Waals surface area (Å²) in [6.45, 7) is 4.84. The maximum absolute atomic E-state index is 13.2. The van der Waals surface area contributed by atoms with Crippen LogP contribution in [-0.2, 0) is 6.54 Å². The van der Waals surface area contributed by atoms with Crippen LogP contribution in [0.2, 0.25) is 0 Å². The highest BCUT2D eigenvalue weighted by molar-refractivity contribution is 5.52. The SMILES string of the molecule is CC1CC(N)CN(Cc2coc(-c3cccc(F)c3)n2)C1. The number of rotatable bonds is 3. The van der Waals surface area contributed by atoms with E-state index in [-0.39, 0.29) is 11.9 Å². The van der Waals surface area contributed by atoms with Crippen LogP contribution in [0.25, 0.3) is 11.5 Å². The summed E-state index contributed by atoms with van der Waals surface area (Å²) in [6, 6.07) is 6.50. The normalized spacial score (nSPS) is 23.4. The number of halogens is 1. The fourth-order valence-corrected chi connectivity index (χ4v) is 3.00. The Morgan fingerprint density at radius 3 is 3.05 bits per heavy atom. The van der Waals surface area contributed by atoms with Crippen molar-refractivity contribution >= 4 is 0 Å². The highest BCUT2D eigenvalue weighted by Crippen LogP contribution is 2.21. The van der Waals surface area contributed by atoms with Gasteiger partial charge in [0.1, 0.15) is 12.1 Å². The van der Waals surface area contributed by atoms with Gasteiger partial charge < -0.3 is 10.2 Å². The van der Waals surface area contributed by atoms with E-state index in [9.17, 15) is 4.39 Å². The predicted octanol–water partition coefficient (Wildman–Crippen LogP) is 2.65. The van der Waals surface area contributed by atoms with Crippen molar-refractivity contribution in [3.05, 3.63) is 42.0 Å². The van der Waals surface area contributed by atoms with Gasteiger partial charge in [-0.1, -0.05) is 13.0 Å². The first-order chi connectivity index (χ1) is 10.1. The Morgan fingerprint density at radius 1 is 1.43 bits per heavy atom. The molecule has 0 spiro atoms. The zero-order chi connectivity index (χ0) is 14.8. The molecule has 3 rings (SSSR count). The van der Waals surface area contributed by atoms with Crippen LogP contribution in [0.3, 0.4) is 0 Å². The molecule has 1 fully saturated rings. The lowest BCUT2D eigenvalue weighted by atomic mass is 9.96. The molecule has 2 heterocycles. The molecular weight excluding hydrogens is 269 g/mol. The largest absolute Gasteiger partial charge is 0.444 e. The van der Waals surface area contributed by atoms with Gasteiger partial charge in [-0.25, -0.2) is 9.37 Å². The van der Waals surface area contributed by atoms with Gasteiger partial charge in [0.2, 0.25) is 5.89 Å². The molecule has 0 amide bonds. The molecule has 112 valence electrons. The van der Waals surface area contributed by atoms with Crippen LogP contribution >= 0.6 is 0 Å². The molecule has 5 heteroatoms. The molecular formula is C16H20FN3O. The molecule has 4 nitrogen and oxygen atoms in total. The number of aromatic nitrogens is 1. The Morgan fingerprint density at radius 2 is 2.29 bits per heavy atom. The highest BCUT2D eigenvalue weighted by Gasteiger charge is 2.23. The predicted molar refractivity (Wildman–Crippen MR) is 78.9 cm³/mol. The number of oxazole rings is 1. The maximum Gasteiger partial charge on any atom is 0.226 e. The standard InChI is InChI=1S/C16H20FN3O/c1-11-5-14(18)8-20(7-11)9-15-10-21-16(19-15)12-3-2-4-13(17)6-12/h2-4,6,10-11,14H,5,7-9,18H2,1H3. The number of nitrogens with two attached hydrogens (primary N) is 1. The lowest BCUT2D eigenvalue weighted by molar-refractivity contribution is 0.157. The summed E-state index contributed by atoms with van der Waals surface area (Å²) >= 11 is 0. The monoisotopic (exact) mass is 289 g/mol. The fraction of sp³-hybridized carbons (Fsp3) is 0.438. The van der Waals surface area contributed by atoms with Gasteiger partial charge in [-0.15, -0.1) is 0 Å². The molecule has 1 saturated heterocycles. The minimum absolute atomic E-state index is 0.225. The summed E-state index contributed by atoms with van der Waals surface area (Å²) in [5.74, 6) is 0.769. The van der Waals surface area contributed by atoms with Gasteiger partial charge in [0.15, 0.2) is 0 Å². The van der Waals surface area contributed by atoms with E-state index < -0.39 is 0 Å². The molecule has 0 aliphatic carbocycles. The average molecular weight is 289 g/mol. The van der Waals surface area contributed by atoms with Crippen LogP contribution in [-0.4, -0.2) is 29.0 Å². The molecule has 2 aromatic rings. The summed E-state index contributed by atoms with van der Waals surface area (Å²) in [7, 11) is 0. The van der Waals surface area contributed by atoms with E-state index in [1.165, 1.54) is 12.1 Å². The second kappa shape index (κ2) is 5.95. The van der Waals surface area contributed by atoms with Gasteiger partial charge in [-0.3, -0.25) is 4.90 Å². The zero-order valence-corrected chi connectivity index (χ0v) is 12.1. The van der Waals surface area contributed by atoms with Crippen molar-refractivity contribution in [3.63, 3.8) is 0 Å². The van der Waals surface area contributed by atoms with Crippen LogP contribution < -0.4 is 5.73 Å². The molecule has 0 radical (unpaired) electrons. The van der Waals surface area contributed by atoms with Crippen molar-refractivity contribution in [2.75, 3.05) is 13.1 Å². The number of hydrogen-bond acceptors (Lipinski definition) is 4.